The maximum absolute atomic E-state index is 6.42. The van der Waals surface area contributed by atoms with Crippen LogP contribution in [0.25, 0.3) is 0 Å². The maximum atomic E-state index is 6.42. The van der Waals surface area contributed by atoms with Crippen LogP contribution >= 0.6 is 0 Å². The molecule has 34 heavy (non-hydrogen) atoms. The van der Waals surface area contributed by atoms with Gasteiger partial charge in [-0.15, -0.1) is 0 Å². The molecule has 1 unspecified atom stereocenters. The molecule has 4 nitrogen and oxygen atoms in total. The zero-order chi connectivity index (χ0) is 24.2. The molecule has 0 bridgehead atoms. The van der Waals surface area contributed by atoms with Gasteiger partial charge in [0, 0.05) is 6.61 Å². The van der Waals surface area contributed by atoms with Gasteiger partial charge >= 0.3 is 7.12 Å². The number of ether oxygens (including phenoxy) is 2. The van der Waals surface area contributed by atoms with Crippen molar-refractivity contribution >= 4 is 25.6 Å². The second kappa shape index (κ2) is 10.5. The van der Waals surface area contributed by atoms with Gasteiger partial charge < -0.3 is 18.8 Å². The monoisotopic (exact) mass is 478 g/mol. The zero-order valence-corrected chi connectivity index (χ0v) is 22.4. The summed E-state index contributed by atoms with van der Waals surface area (Å²) in [5, 5.41) is 4.11. The van der Waals surface area contributed by atoms with Gasteiger partial charge in [0.15, 0.2) is 6.29 Å². The second-order valence-electron chi connectivity index (χ2n) is 10.6. The molecule has 2 aliphatic heterocycles. The van der Waals surface area contributed by atoms with E-state index in [1.807, 2.05) is 0 Å². The molecule has 2 saturated heterocycles. The van der Waals surface area contributed by atoms with Crippen molar-refractivity contribution in [1.29, 1.82) is 0 Å². The van der Waals surface area contributed by atoms with Crippen LogP contribution in [0.1, 0.15) is 53.4 Å². The van der Waals surface area contributed by atoms with Gasteiger partial charge in [0.25, 0.3) is 0 Å². The lowest BCUT2D eigenvalue weighted by molar-refractivity contribution is -0.161. The molecule has 0 N–H and O–H groups in total. The van der Waals surface area contributed by atoms with Crippen molar-refractivity contribution in [1.82, 2.24) is 0 Å². The Hall–Kier alpha value is -1.70. The van der Waals surface area contributed by atoms with Crippen molar-refractivity contribution in [2.75, 3.05) is 13.2 Å². The van der Waals surface area contributed by atoms with Crippen molar-refractivity contribution < 1.29 is 18.8 Å². The number of rotatable bonds is 8. The predicted molar refractivity (Wildman–Crippen MR) is 142 cm³/mol. The highest BCUT2D eigenvalue weighted by atomic mass is 28.3. The highest BCUT2D eigenvalue weighted by Gasteiger charge is 2.51. The minimum absolute atomic E-state index is 0.0896. The molecule has 0 amide bonds. The van der Waals surface area contributed by atoms with Crippen LogP contribution in [0.2, 0.25) is 6.55 Å². The van der Waals surface area contributed by atoms with E-state index in [9.17, 15) is 0 Å². The smallest absolute Gasteiger partial charge is 0.400 e. The molecule has 1 atom stereocenters. The van der Waals surface area contributed by atoms with Gasteiger partial charge in [-0.25, -0.2) is 0 Å². The molecule has 2 aliphatic rings. The number of hydrogen-bond donors (Lipinski definition) is 0. The average Bonchev–Trinajstić information content (AvgIpc) is 3.05. The van der Waals surface area contributed by atoms with Crippen molar-refractivity contribution in [3.05, 3.63) is 71.8 Å². The lowest BCUT2D eigenvalue weighted by atomic mass is 9.89. The first-order valence-corrected chi connectivity index (χ1v) is 15.1. The van der Waals surface area contributed by atoms with Crippen LogP contribution in [0.15, 0.2) is 71.8 Å². The lowest BCUT2D eigenvalue weighted by Crippen LogP contribution is -2.58. The van der Waals surface area contributed by atoms with Crippen LogP contribution < -0.4 is 10.4 Å². The Kier molecular flexibility index (Phi) is 7.85. The molecule has 0 aliphatic carbocycles. The topological polar surface area (TPSA) is 36.9 Å². The zero-order valence-electron chi connectivity index (χ0n) is 21.4. The first-order valence-electron chi connectivity index (χ1n) is 12.6. The maximum Gasteiger partial charge on any atom is 0.486 e. The van der Waals surface area contributed by atoms with Crippen LogP contribution in [0, 0.1) is 0 Å². The average molecular weight is 479 g/mol. The van der Waals surface area contributed by atoms with Crippen molar-refractivity contribution in [3.63, 3.8) is 0 Å². The van der Waals surface area contributed by atoms with Crippen molar-refractivity contribution in [3.8, 4) is 0 Å². The Labute approximate surface area is 206 Å². The summed E-state index contributed by atoms with van der Waals surface area (Å²) in [5.41, 5.74) is -0.744. The first-order chi connectivity index (χ1) is 16.2. The van der Waals surface area contributed by atoms with Crippen molar-refractivity contribution in [2.45, 2.75) is 77.4 Å². The van der Waals surface area contributed by atoms with E-state index in [0.29, 0.717) is 6.61 Å². The summed E-state index contributed by atoms with van der Waals surface area (Å²) in [4.78, 5) is 0. The number of hydrogen-bond acceptors (Lipinski definition) is 4. The van der Waals surface area contributed by atoms with Gasteiger partial charge in [-0.1, -0.05) is 78.4 Å². The van der Waals surface area contributed by atoms with E-state index >= 15 is 0 Å². The molecule has 0 aromatic heterocycles. The molecule has 2 heterocycles. The van der Waals surface area contributed by atoms with E-state index < -0.39 is 8.07 Å². The summed E-state index contributed by atoms with van der Waals surface area (Å²) in [7, 11) is -2.68. The van der Waals surface area contributed by atoms with Gasteiger partial charge in [-0.3, -0.25) is 0 Å². The summed E-state index contributed by atoms with van der Waals surface area (Å²) in [6.07, 6.45) is 3.99. The summed E-state index contributed by atoms with van der Waals surface area (Å²) in [6.45, 7) is 12.3. The SMILES string of the molecule is CC1(C)OB(/C=C(\CCOC2CCCCO2)[Si](C)(c2ccccc2)c2ccccc2)OC1(C)C. The van der Waals surface area contributed by atoms with Crippen LogP contribution in [0.5, 0.6) is 0 Å². The minimum atomic E-state index is -2.30. The first kappa shape index (κ1) is 25.4. The Balaban J connectivity index is 1.70. The van der Waals surface area contributed by atoms with Gasteiger partial charge in [0.05, 0.1) is 17.8 Å². The normalized spacial score (nSPS) is 22.7. The second-order valence-corrected chi connectivity index (χ2v) is 14.6. The standard InChI is InChI=1S/C28H39BO4Si/c1-27(2)28(3,4)33-29(32-27)22-25(19-21-31-26-18-12-13-20-30-26)34(5,23-14-8-6-9-15-23)24-16-10-7-11-17-24/h6-11,14-17,22,26H,12-13,18-21H2,1-5H3/b25-22+. The van der Waals surface area contributed by atoms with Crippen LogP contribution in [0.4, 0.5) is 0 Å². The molecular weight excluding hydrogens is 439 g/mol. The van der Waals surface area contributed by atoms with E-state index in [0.717, 1.165) is 25.9 Å². The third-order valence-corrected chi connectivity index (χ3v) is 12.4. The molecule has 4 rings (SSSR count). The fraction of sp³-hybridized carbons (Fsp3) is 0.500. The van der Waals surface area contributed by atoms with E-state index in [-0.39, 0.29) is 24.6 Å². The van der Waals surface area contributed by atoms with Crippen LogP contribution in [-0.2, 0) is 18.8 Å². The quantitative estimate of drug-likeness (QED) is 0.506. The third-order valence-electron chi connectivity index (χ3n) is 7.77. The Morgan fingerprint density at radius 1 is 0.941 bits per heavy atom. The fourth-order valence-corrected chi connectivity index (χ4v) is 8.71. The molecule has 0 saturated carbocycles. The van der Waals surface area contributed by atoms with E-state index in [1.54, 1.807) is 0 Å². The molecule has 2 fully saturated rings. The molecule has 0 spiro atoms. The van der Waals surface area contributed by atoms with Crippen LogP contribution in [-0.4, -0.2) is 45.9 Å². The number of benzene rings is 2. The third kappa shape index (κ3) is 5.42. The molecule has 0 radical (unpaired) electrons. The van der Waals surface area contributed by atoms with Crippen molar-refractivity contribution in [2.24, 2.45) is 0 Å². The van der Waals surface area contributed by atoms with Gasteiger partial charge in [0.2, 0.25) is 0 Å². The Morgan fingerprint density at radius 2 is 1.50 bits per heavy atom. The molecular formula is C28H39BO4Si. The highest BCUT2D eigenvalue weighted by molar-refractivity contribution is 7.06. The largest absolute Gasteiger partial charge is 0.486 e. The minimum Gasteiger partial charge on any atom is -0.400 e. The fourth-order valence-electron chi connectivity index (χ4n) is 4.84. The Bertz CT molecular complexity index is 899. The van der Waals surface area contributed by atoms with Gasteiger partial charge in [0.1, 0.15) is 8.07 Å². The summed E-state index contributed by atoms with van der Waals surface area (Å²) >= 11 is 0. The Morgan fingerprint density at radius 3 is 2.00 bits per heavy atom. The van der Waals surface area contributed by atoms with E-state index in [2.05, 4.69) is 101 Å². The van der Waals surface area contributed by atoms with Gasteiger partial charge in [-0.05, 0) is 63.8 Å². The molecule has 2 aromatic rings. The lowest BCUT2D eigenvalue weighted by Gasteiger charge is -2.33. The highest BCUT2D eigenvalue weighted by Crippen LogP contribution is 2.38. The predicted octanol–water partition coefficient (Wildman–Crippen LogP) is 4.91. The summed E-state index contributed by atoms with van der Waals surface area (Å²) in [5.74, 6) is 2.24. The molecule has 6 heteroatoms. The molecule has 2 aromatic carbocycles. The van der Waals surface area contributed by atoms with E-state index in [4.69, 9.17) is 18.8 Å². The van der Waals surface area contributed by atoms with E-state index in [1.165, 1.54) is 22.0 Å². The summed E-state index contributed by atoms with van der Waals surface area (Å²) in [6, 6.07) is 21.8. The van der Waals surface area contributed by atoms with Crippen LogP contribution in [0.3, 0.4) is 0 Å². The summed E-state index contributed by atoms with van der Waals surface area (Å²) < 4.78 is 24.9. The van der Waals surface area contributed by atoms with Gasteiger partial charge in [-0.2, -0.15) is 0 Å². The molecule has 182 valence electrons.